The van der Waals surface area contributed by atoms with E-state index in [1.165, 1.54) is 16.7 Å². The van der Waals surface area contributed by atoms with Crippen LogP contribution in [0.25, 0.3) is 0 Å². The van der Waals surface area contributed by atoms with Crippen LogP contribution in [0.3, 0.4) is 0 Å². The van der Waals surface area contributed by atoms with Gasteiger partial charge < -0.3 is 9.47 Å². The molecule has 2 aromatic carbocycles. The molecule has 2 aromatic rings. The Labute approximate surface area is 151 Å². The number of benzene rings is 2. The second-order valence-electron chi connectivity index (χ2n) is 6.73. The van der Waals surface area contributed by atoms with Crippen molar-refractivity contribution in [3.05, 3.63) is 71.8 Å². The molecule has 1 aliphatic heterocycles. The van der Waals surface area contributed by atoms with Crippen LogP contribution in [0.1, 0.15) is 42.9 Å². The summed E-state index contributed by atoms with van der Waals surface area (Å²) >= 11 is 0. The van der Waals surface area contributed by atoms with Crippen LogP contribution in [0.4, 0.5) is 0 Å². The van der Waals surface area contributed by atoms with Gasteiger partial charge in [-0.3, -0.25) is 0 Å². The van der Waals surface area contributed by atoms with Gasteiger partial charge in [0, 0.05) is 17.5 Å². The number of rotatable bonds is 9. The highest BCUT2D eigenvalue weighted by Crippen LogP contribution is 2.36. The summed E-state index contributed by atoms with van der Waals surface area (Å²) < 4.78 is 12.2. The monoisotopic (exact) mass is 336 g/mol. The Kier molecular flexibility index (Phi) is 6.16. The van der Waals surface area contributed by atoms with Gasteiger partial charge >= 0.3 is 0 Å². The Morgan fingerprint density at radius 2 is 2.08 bits per heavy atom. The number of unbranched alkanes of at least 4 members (excludes halogenated alkanes) is 1. The first-order chi connectivity index (χ1) is 12.3. The summed E-state index contributed by atoms with van der Waals surface area (Å²) in [4.78, 5) is 0. The van der Waals surface area contributed by atoms with Gasteiger partial charge in [0.15, 0.2) is 0 Å². The summed E-state index contributed by atoms with van der Waals surface area (Å²) in [6.45, 7) is 6.83. The van der Waals surface area contributed by atoms with E-state index in [-0.39, 0.29) is 6.10 Å². The van der Waals surface area contributed by atoms with Gasteiger partial charge in [0.2, 0.25) is 0 Å². The minimum absolute atomic E-state index is 0.262. The zero-order chi connectivity index (χ0) is 17.5. The molecule has 1 heterocycles. The number of fused-ring (bicyclic) bond motifs is 1. The standard InChI is InChI=1S/C23H28O2/c1-3-5-14-24-22-17-20-15-21(13-12-18-10-7-6-8-11-18)25-23(20)16-19(22)9-4-2/h4,6-8,10-11,16-17,21H,2-3,5,9,12-15H2,1H3. The van der Waals surface area contributed by atoms with Crippen LogP contribution in [0.5, 0.6) is 11.5 Å². The summed E-state index contributed by atoms with van der Waals surface area (Å²) in [6.07, 6.45) is 8.30. The van der Waals surface area contributed by atoms with Crippen molar-refractivity contribution in [3.63, 3.8) is 0 Å². The van der Waals surface area contributed by atoms with Crippen molar-refractivity contribution in [1.29, 1.82) is 0 Å². The van der Waals surface area contributed by atoms with Crippen molar-refractivity contribution < 1.29 is 9.47 Å². The molecule has 0 saturated heterocycles. The van der Waals surface area contributed by atoms with Crippen LogP contribution in [0.2, 0.25) is 0 Å². The highest BCUT2D eigenvalue weighted by molar-refractivity contribution is 5.49. The minimum Gasteiger partial charge on any atom is -0.493 e. The molecule has 25 heavy (non-hydrogen) atoms. The van der Waals surface area contributed by atoms with E-state index in [9.17, 15) is 0 Å². The molecule has 0 amide bonds. The predicted octanol–water partition coefficient (Wildman–Crippen LogP) is 5.53. The molecule has 0 radical (unpaired) electrons. The van der Waals surface area contributed by atoms with E-state index < -0.39 is 0 Å². The first kappa shape index (κ1) is 17.6. The third-order valence-corrected chi connectivity index (χ3v) is 4.70. The first-order valence-electron chi connectivity index (χ1n) is 9.40. The number of hydrogen-bond donors (Lipinski definition) is 0. The van der Waals surface area contributed by atoms with Gasteiger partial charge in [-0.15, -0.1) is 6.58 Å². The van der Waals surface area contributed by atoms with Gasteiger partial charge in [-0.05, 0) is 43.4 Å². The Balaban J connectivity index is 1.66. The van der Waals surface area contributed by atoms with Crippen molar-refractivity contribution in [2.75, 3.05) is 6.61 Å². The molecule has 0 fully saturated rings. The Morgan fingerprint density at radius 1 is 1.24 bits per heavy atom. The fraction of sp³-hybridized carbons (Fsp3) is 0.391. The number of allylic oxidation sites excluding steroid dienone is 1. The van der Waals surface area contributed by atoms with Crippen LogP contribution < -0.4 is 9.47 Å². The van der Waals surface area contributed by atoms with E-state index in [0.717, 1.165) is 56.6 Å². The molecule has 2 heteroatoms. The summed E-state index contributed by atoms with van der Waals surface area (Å²) in [6, 6.07) is 15.0. The number of ether oxygens (including phenoxy) is 2. The lowest BCUT2D eigenvalue weighted by Crippen LogP contribution is -2.13. The number of hydrogen-bond acceptors (Lipinski definition) is 2. The maximum Gasteiger partial charge on any atom is 0.123 e. The Morgan fingerprint density at radius 3 is 2.84 bits per heavy atom. The van der Waals surface area contributed by atoms with Crippen molar-refractivity contribution in [1.82, 2.24) is 0 Å². The van der Waals surface area contributed by atoms with E-state index in [2.05, 4.69) is 56.0 Å². The van der Waals surface area contributed by atoms with Crippen LogP contribution >= 0.6 is 0 Å². The molecule has 0 bridgehead atoms. The van der Waals surface area contributed by atoms with Crippen LogP contribution in [0, 0.1) is 0 Å². The predicted molar refractivity (Wildman–Crippen MR) is 104 cm³/mol. The molecule has 1 atom stereocenters. The maximum atomic E-state index is 6.21. The SMILES string of the molecule is C=CCc1cc2c(cc1OCCCC)CC(CCc1ccccc1)O2. The highest BCUT2D eigenvalue weighted by atomic mass is 16.5. The lowest BCUT2D eigenvalue weighted by Gasteiger charge is -2.13. The Hall–Kier alpha value is -2.22. The van der Waals surface area contributed by atoms with Gasteiger partial charge in [0.25, 0.3) is 0 Å². The summed E-state index contributed by atoms with van der Waals surface area (Å²) in [7, 11) is 0. The molecule has 1 unspecified atom stereocenters. The van der Waals surface area contributed by atoms with Gasteiger partial charge in [-0.25, -0.2) is 0 Å². The van der Waals surface area contributed by atoms with Gasteiger partial charge in [-0.2, -0.15) is 0 Å². The average molecular weight is 336 g/mol. The average Bonchev–Trinajstić information content (AvgIpc) is 3.03. The third kappa shape index (κ3) is 4.66. The molecular weight excluding hydrogens is 308 g/mol. The van der Waals surface area contributed by atoms with Crippen LogP contribution in [-0.4, -0.2) is 12.7 Å². The quantitative estimate of drug-likeness (QED) is 0.443. The first-order valence-corrected chi connectivity index (χ1v) is 9.40. The van der Waals surface area contributed by atoms with E-state index in [4.69, 9.17) is 9.47 Å². The zero-order valence-electron chi connectivity index (χ0n) is 15.2. The van der Waals surface area contributed by atoms with Crippen molar-refractivity contribution in [3.8, 4) is 11.5 Å². The molecule has 0 spiro atoms. The molecule has 1 aliphatic rings. The molecule has 2 nitrogen and oxygen atoms in total. The topological polar surface area (TPSA) is 18.5 Å². The molecule has 3 rings (SSSR count). The molecule has 132 valence electrons. The maximum absolute atomic E-state index is 6.21. The molecule has 0 saturated carbocycles. The summed E-state index contributed by atoms with van der Waals surface area (Å²) in [5.41, 5.74) is 3.82. The van der Waals surface area contributed by atoms with E-state index in [1.807, 2.05) is 6.08 Å². The Bertz CT molecular complexity index is 691. The van der Waals surface area contributed by atoms with Crippen LogP contribution in [0.15, 0.2) is 55.1 Å². The van der Waals surface area contributed by atoms with E-state index >= 15 is 0 Å². The fourth-order valence-corrected chi connectivity index (χ4v) is 3.29. The smallest absolute Gasteiger partial charge is 0.123 e. The van der Waals surface area contributed by atoms with Crippen LogP contribution in [-0.2, 0) is 19.3 Å². The van der Waals surface area contributed by atoms with Crippen molar-refractivity contribution in [2.24, 2.45) is 0 Å². The van der Waals surface area contributed by atoms with Gasteiger partial charge in [0.1, 0.15) is 17.6 Å². The van der Waals surface area contributed by atoms with Crippen molar-refractivity contribution in [2.45, 2.75) is 51.6 Å². The zero-order valence-corrected chi connectivity index (χ0v) is 15.2. The lowest BCUT2D eigenvalue weighted by atomic mass is 10.0. The summed E-state index contributed by atoms with van der Waals surface area (Å²) in [5, 5.41) is 0. The van der Waals surface area contributed by atoms with Gasteiger partial charge in [-0.1, -0.05) is 49.8 Å². The molecular formula is C23H28O2. The fourth-order valence-electron chi connectivity index (χ4n) is 3.29. The molecule has 0 aromatic heterocycles. The van der Waals surface area contributed by atoms with E-state index in [0.29, 0.717) is 0 Å². The lowest BCUT2D eigenvalue weighted by molar-refractivity contribution is 0.221. The number of aryl methyl sites for hydroxylation is 1. The second kappa shape index (κ2) is 8.75. The highest BCUT2D eigenvalue weighted by Gasteiger charge is 2.24. The van der Waals surface area contributed by atoms with Gasteiger partial charge in [0.05, 0.1) is 6.61 Å². The van der Waals surface area contributed by atoms with Crippen molar-refractivity contribution >= 4 is 0 Å². The molecule has 0 aliphatic carbocycles. The second-order valence-corrected chi connectivity index (χ2v) is 6.73. The normalized spacial score (nSPS) is 15.5. The third-order valence-electron chi connectivity index (χ3n) is 4.70. The van der Waals surface area contributed by atoms with E-state index in [1.54, 1.807) is 0 Å². The molecule has 0 N–H and O–H groups in total. The minimum atomic E-state index is 0.262. The largest absolute Gasteiger partial charge is 0.493 e. The summed E-state index contributed by atoms with van der Waals surface area (Å²) in [5.74, 6) is 2.03.